The van der Waals surface area contributed by atoms with E-state index in [9.17, 15) is 4.79 Å². The average molecular weight is 673 g/mol. The van der Waals surface area contributed by atoms with E-state index in [1.807, 2.05) is 32.9 Å². The first-order valence-corrected chi connectivity index (χ1v) is 17.5. The molecule has 0 saturated heterocycles. The normalized spacial score (nSPS) is 11.7. The fourth-order valence-electron chi connectivity index (χ4n) is 4.15. The van der Waals surface area contributed by atoms with Crippen LogP contribution < -0.4 is 4.74 Å². The molecule has 0 radical (unpaired) electrons. The highest BCUT2D eigenvalue weighted by Crippen LogP contribution is 2.15. The summed E-state index contributed by atoms with van der Waals surface area (Å²) in [5.41, 5.74) is 0.867. The van der Waals surface area contributed by atoms with Crippen molar-refractivity contribution in [3.8, 4) is 5.75 Å². The van der Waals surface area contributed by atoms with E-state index in [4.69, 9.17) is 47.4 Å². The van der Waals surface area contributed by atoms with Crippen molar-refractivity contribution < 1.29 is 52.2 Å². The monoisotopic (exact) mass is 672 g/mol. The molecule has 47 heavy (non-hydrogen) atoms. The van der Waals surface area contributed by atoms with Crippen molar-refractivity contribution in [2.24, 2.45) is 0 Å². The van der Waals surface area contributed by atoms with Gasteiger partial charge in [0.1, 0.15) is 24.6 Å². The maximum atomic E-state index is 11.5. The first kappa shape index (κ1) is 43.2. The summed E-state index contributed by atoms with van der Waals surface area (Å²) in [4.78, 5) is 11.5. The van der Waals surface area contributed by atoms with Crippen molar-refractivity contribution in [2.45, 2.75) is 78.2 Å². The molecule has 0 spiro atoms. The number of ether oxygens (including phenoxy) is 10. The second kappa shape index (κ2) is 31.4. The van der Waals surface area contributed by atoms with Crippen molar-refractivity contribution in [3.05, 3.63) is 29.8 Å². The molecular formula is C36H64O11. The van der Waals surface area contributed by atoms with Crippen LogP contribution in [0.25, 0.3) is 0 Å². The van der Waals surface area contributed by atoms with E-state index < -0.39 is 5.60 Å². The van der Waals surface area contributed by atoms with Gasteiger partial charge in [0.25, 0.3) is 0 Å². The molecule has 11 heteroatoms. The highest BCUT2D eigenvalue weighted by atomic mass is 16.6. The third-order valence-electron chi connectivity index (χ3n) is 6.48. The number of hydrogen-bond donors (Lipinski definition) is 0. The van der Waals surface area contributed by atoms with Gasteiger partial charge in [-0.2, -0.15) is 0 Å². The fourth-order valence-corrected chi connectivity index (χ4v) is 4.15. The Hall–Kier alpha value is -1.83. The molecule has 1 rings (SSSR count). The molecule has 0 amide bonds. The summed E-state index contributed by atoms with van der Waals surface area (Å²) in [5.74, 6) is 0.499. The molecule has 0 aliphatic carbocycles. The first-order chi connectivity index (χ1) is 22.9. The summed E-state index contributed by atoms with van der Waals surface area (Å²) in [6, 6.07) is 8.42. The summed E-state index contributed by atoms with van der Waals surface area (Å²) in [6.45, 7) is 15.3. The number of benzene rings is 1. The molecule has 274 valence electrons. The van der Waals surface area contributed by atoms with Gasteiger partial charge in [0.2, 0.25) is 0 Å². The van der Waals surface area contributed by atoms with Crippen molar-refractivity contribution in [3.63, 3.8) is 0 Å². The van der Waals surface area contributed by atoms with Gasteiger partial charge in [-0.3, -0.25) is 0 Å². The van der Waals surface area contributed by atoms with Gasteiger partial charge in [0.05, 0.1) is 99.1 Å². The van der Waals surface area contributed by atoms with Crippen LogP contribution in [0.15, 0.2) is 24.3 Å². The maximum absolute atomic E-state index is 11.5. The Labute approximate surface area is 284 Å². The fraction of sp³-hybridized carbons (Fsp3) is 0.806. The zero-order valence-electron chi connectivity index (χ0n) is 29.8. The van der Waals surface area contributed by atoms with E-state index in [2.05, 4.69) is 19.1 Å². The Balaban J connectivity index is 1.73. The van der Waals surface area contributed by atoms with E-state index in [0.29, 0.717) is 106 Å². The lowest BCUT2D eigenvalue weighted by atomic mass is 10.0. The predicted octanol–water partition coefficient (Wildman–Crippen LogP) is 5.44. The molecule has 0 aliphatic heterocycles. The largest absolute Gasteiger partial charge is 0.491 e. The van der Waals surface area contributed by atoms with Gasteiger partial charge >= 0.3 is 5.97 Å². The molecule has 0 saturated carbocycles. The summed E-state index contributed by atoms with van der Waals surface area (Å²) in [5, 5.41) is 0. The van der Waals surface area contributed by atoms with E-state index in [0.717, 1.165) is 12.2 Å². The summed E-state index contributed by atoms with van der Waals surface area (Å²) >= 11 is 0. The zero-order valence-corrected chi connectivity index (χ0v) is 29.8. The third kappa shape index (κ3) is 31.2. The summed E-state index contributed by atoms with van der Waals surface area (Å²) in [6.07, 6.45) is 9.07. The molecule has 0 N–H and O–H groups in total. The maximum Gasteiger partial charge on any atom is 0.332 e. The minimum Gasteiger partial charge on any atom is -0.491 e. The van der Waals surface area contributed by atoms with Crippen LogP contribution in [0.2, 0.25) is 0 Å². The highest BCUT2D eigenvalue weighted by Gasteiger charge is 2.15. The van der Waals surface area contributed by atoms with Crippen LogP contribution in [-0.4, -0.2) is 124 Å². The van der Waals surface area contributed by atoms with Crippen molar-refractivity contribution in [1.29, 1.82) is 0 Å². The Morgan fingerprint density at radius 2 is 0.894 bits per heavy atom. The van der Waals surface area contributed by atoms with Crippen molar-refractivity contribution in [2.75, 3.05) is 112 Å². The lowest BCUT2D eigenvalue weighted by molar-refractivity contribution is -0.160. The highest BCUT2D eigenvalue weighted by molar-refractivity contribution is 5.71. The van der Waals surface area contributed by atoms with Crippen molar-refractivity contribution >= 4 is 5.97 Å². The van der Waals surface area contributed by atoms with Gasteiger partial charge in [-0.15, -0.1) is 0 Å². The van der Waals surface area contributed by atoms with Gasteiger partial charge in [-0.25, -0.2) is 4.79 Å². The molecule has 1 aromatic rings. The van der Waals surface area contributed by atoms with Crippen LogP contribution in [0.3, 0.4) is 0 Å². The Bertz CT molecular complexity index is 814. The Morgan fingerprint density at radius 3 is 1.32 bits per heavy atom. The number of carbonyl (C=O) groups excluding carboxylic acids is 1. The van der Waals surface area contributed by atoms with Gasteiger partial charge in [0, 0.05) is 0 Å². The van der Waals surface area contributed by atoms with Crippen LogP contribution in [0.4, 0.5) is 0 Å². The van der Waals surface area contributed by atoms with Crippen LogP contribution >= 0.6 is 0 Å². The smallest absolute Gasteiger partial charge is 0.332 e. The minimum absolute atomic E-state index is 0.0792. The number of esters is 1. The molecule has 0 aromatic heterocycles. The molecule has 0 aliphatic rings. The number of carbonyl (C=O) groups is 1. The molecule has 1 aromatic carbocycles. The average Bonchev–Trinajstić information content (AvgIpc) is 3.04. The van der Waals surface area contributed by atoms with E-state index in [-0.39, 0.29) is 12.6 Å². The molecule has 0 fully saturated rings. The number of rotatable bonds is 34. The van der Waals surface area contributed by atoms with Gasteiger partial charge in [0.15, 0.2) is 0 Å². The van der Waals surface area contributed by atoms with Crippen LogP contribution in [0.1, 0.15) is 71.8 Å². The molecule has 0 bridgehead atoms. The lowest BCUT2D eigenvalue weighted by Crippen LogP contribution is -2.27. The zero-order chi connectivity index (χ0) is 34.1. The van der Waals surface area contributed by atoms with Gasteiger partial charge in [-0.05, 0) is 51.3 Å². The lowest BCUT2D eigenvalue weighted by Gasteiger charge is -2.19. The van der Waals surface area contributed by atoms with Crippen LogP contribution in [-0.2, 0) is 53.8 Å². The van der Waals surface area contributed by atoms with E-state index >= 15 is 0 Å². The quantitative estimate of drug-likeness (QED) is 0.0690. The van der Waals surface area contributed by atoms with E-state index in [1.165, 1.54) is 44.1 Å². The van der Waals surface area contributed by atoms with Gasteiger partial charge < -0.3 is 47.4 Å². The molecule has 0 unspecified atom stereocenters. The minimum atomic E-state index is -0.508. The Morgan fingerprint density at radius 1 is 0.511 bits per heavy atom. The number of aryl methyl sites for hydroxylation is 1. The van der Waals surface area contributed by atoms with Crippen LogP contribution in [0, 0.1) is 0 Å². The molecular weight excluding hydrogens is 608 g/mol. The Kier molecular flexibility index (Phi) is 28.9. The number of unbranched alkanes of at least 4 members (excludes halogenated alkanes) is 5. The first-order valence-electron chi connectivity index (χ1n) is 17.5. The topological polar surface area (TPSA) is 109 Å². The second-order valence-corrected chi connectivity index (χ2v) is 11.9. The predicted molar refractivity (Wildman–Crippen MR) is 181 cm³/mol. The summed E-state index contributed by atoms with van der Waals surface area (Å²) in [7, 11) is 0. The van der Waals surface area contributed by atoms with Gasteiger partial charge in [-0.1, -0.05) is 51.2 Å². The molecule has 0 heterocycles. The number of hydrogen-bond acceptors (Lipinski definition) is 11. The van der Waals surface area contributed by atoms with E-state index in [1.54, 1.807) is 0 Å². The SMILES string of the molecule is CCCCCCCCc1ccc(OCCOCCOCCOCCOCCOCCOCCOCCOCC(=O)OC(C)(C)C)cc1. The summed E-state index contributed by atoms with van der Waals surface area (Å²) < 4.78 is 54.6. The van der Waals surface area contributed by atoms with Crippen molar-refractivity contribution in [1.82, 2.24) is 0 Å². The third-order valence-corrected chi connectivity index (χ3v) is 6.48. The second-order valence-electron chi connectivity index (χ2n) is 11.9. The molecule has 0 atom stereocenters. The van der Waals surface area contributed by atoms with Crippen LogP contribution in [0.5, 0.6) is 5.75 Å². The molecule has 11 nitrogen and oxygen atoms in total. The standard InChI is InChI=1S/C36H64O11/c1-5-6-7-8-9-10-11-33-12-14-34(15-13-33)46-31-30-44-27-26-42-23-22-40-19-18-38-16-17-39-20-21-41-24-25-43-28-29-45-32-35(37)47-36(2,3)4/h12-15H,5-11,16-32H2,1-4H3.